The van der Waals surface area contributed by atoms with Gasteiger partial charge in [0.15, 0.2) is 6.10 Å². The lowest BCUT2D eigenvalue weighted by molar-refractivity contribution is -0.214. The van der Waals surface area contributed by atoms with E-state index in [1.807, 2.05) is 13.8 Å². The van der Waals surface area contributed by atoms with Gasteiger partial charge in [-0.1, -0.05) is 13.8 Å². The van der Waals surface area contributed by atoms with E-state index in [1.54, 1.807) is 0 Å². The van der Waals surface area contributed by atoms with Crippen molar-refractivity contribution in [1.29, 1.82) is 0 Å². The Balaban J connectivity index is 4.16. The molecule has 0 aliphatic carbocycles. The number of alkyl halides is 3. The standard InChI is InChI=1S/C11H20F3NO3/c1-7(2)15-9(10(16)17-4)5-6-18-8(3)11(12,13)14/h7-9,15H,5-6H2,1-4H3. The van der Waals surface area contributed by atoms with E-state index in [2.05, 4.69) is 14.8 Å². The van der Waals surface area contributed by atoms with Gasteiger partial charge in [-0.2, -0.15) is 13.2 Å². The smallest absolute Gasteiger partial charge is 0.414 e. The van der Waals surface area contributed by atoms with Gasteiger partial charge in [-0.05, 0) is 13.3 Å². The van der Waals surface area contributed by atoms with Gasteiger partial charge in [0.2, 0.25) is 0 Å². The van der Waals surface area contributed by atoms with Crippen molar-refractivity contribution in [3.63, 3.8) is 0 Å². The number of methoxy groups -OCH3 is 1. The zero-order valence-corrected chi connectivity index (χ0v) is 11.0. The summed E-state index contributed by atoms with van der Waals surface area (Å²) in [5, 5.41) is 2.91. The monoisotopic (exact) mass is 271 g/mol. The van der Waals surface area contributed by atoms with Crippen LogP contribution in [0.15, 0.2) is 0 Å². The zero-order chi connectivity index (χ0) is 14.3. The minimum atomic E-state index is -4.38. The van der Waals surface area contributed by atoms with Crippen LogP contribution in [0, 0.1) is 0 Å². The third-order valence-electron chi connectivity index (χ3n) is 2.26. The Hall–Kier alpha value is -0.820. The Morgan fingerprint density at radius 3 is 2.22 bits per heavy atom. The molecular formula is C11H20F3NO3. The molecule has 108 valence electrons. The molecule has 0 rings (SSSR count). The second kappa shape index (κ2) is 7.58. The van der Waals surface area contributed by atoms with Gasteiger partial charge in [-0.15, -0.1) is 0 Å². The molecule has 0 aromatic rings. The van der Waals surface area contributed by atoms with Gasteiger partial charge in [-0.25, -0.2) is 0 Å². The summed E-state index contributed by atoms with van der Waals surface area (Å²) in [6, 6.07) is -0.635. The lowest BCUT2D eigenvalue weighted by Crippen LogP contribution is -2.42. The third kappa shape index (κ3) is 6.80. The van der Waals surface area contributed by atoms with Gasteiger partial charge in [0.25, 0.3) is 0 Å². The molecule has 0 aromatic carbocycles. The summed E-state index contributed by atoms with van der Waals surface area (Å²) in [6.45, 7) is 4.42. The van der Waals surface area contributed by atoms with Gasteiger partial charge < -0.3 is 14.8 Å². The minimum Gasteiger partial charge on any atom is -0.468 e. The first-order chi connectivity index (χ1) is 8.18. The fraction of sp³-hybridized carbons (Fsp3) is 0.909. The van der Waals surface area contributed by atoms with Crippen LogP contribution in [0.3, 0.4) is 0 Å². The van der Waals surface area contributed by atoms with E-state index in [-0.39, 0.29) is 19.1 Å². The molecule has 2 atom stereocenters. The molecule has 7 heteroatoms. The number of carbonyl (C=O) groups is 1. The zero-order valence-electron chi connectivity index (χ0n) is 11.0. The van der Waals surface area contributed by atoms with Crippen LogP contribution in [0.2, 0.25) is 0 Å². The molecule has 0 heterocycles. The van der Waals surface area contributed by atoms with Crippen LogP contribution in [0.5, 0.6) is 0 Å². The predicted molar refractivity (Wildman–Crippen MR) is 60.2 cm³/mol. The molecule has 0 spiro atoms. The molecule has 0 radical (unpaired) electrons. The molecule has 4 nitrogen and oxygen atoms in total. The topological polar surface area (TPSA) is 47.6 Å². The highest BCUT2D eigenvalue weighted by molar-refractivity contribution is 5.75. The van der Waals surface area contributed by atoms with Crippen molar-refractivity contribution in [1.82, 2.24) is 5.32 Å². The van der Waals surface area contributed by atoms with E-state index in [1.165, 1.54) is 7.11 Å². The molecule has 1 N–H and O–H groups in total. The molecule has 0 saturated heterocycles. The van der Waals surface area contributed by atoms with E-state index in [0.29, 0.717) is 0 Å². The number of nitrogens with one attached hydrogen (secondary N) is 1. The van der Waals surface area contributed by atoms with Crippen molar-refractivity contribution in [2.45, 2.75) is 51.6 Å². The summed E-state index contributed by atoms with van der Waals surface area (Å²) in [7, 11) is 1.23. The Labute approximate surface area is 105 Å². The van der Waals surface area contributed by atoms with Gasteiger partial charge in [0.1, 0.15) is 6.04 Å². The molecule has 0 aliphatic heterocycles. The largest absolute Gasteiger partial charge is 0.468 e. The Bertz CT molecular complexity index is 256. The van der Waals surface area contributed by atoms with Crippen molar-refractivity contribution in [3.8, 4) is 0 Å². The number of carbonyl (C=O) groups excluding carboxylic acids is 1. The first-order valence-corrected chi connectivity index (χ1v) is 5.70. The molecule has 2 unspecified atom stereocenters. The van der Waals surface area contributed by atoms with Gasteiger partial charge in [0, 0.05) is 12.6 Å². The highest BCUT2D eigenvalue weighted by atomic mass is 19.4. The molecule has 0 amide bonds. The second-order valence-corrected chi connectivity index (χ2v) is 4.24. The number of ether oxygens (including phenoxy) is 2. The quantitative estimate of drug-likeness (QED) is 0.718. The molecule has 0 fully saturated rings. The molecule has 0 aliphatic rings. The van der Waals surface area contributed by atoms with Crippen LogP contribution in [0.1, 0.15) is 27.2 Å². The summed E-state index contributed by atoms with van der Waals surface area (Å²) in [6.07, 6.45) is -6.09. The Morgan fingerprint density at radius 1 is 1.28 bits per heavy atom. The number of rotatable bonds is 7. The van der Waals surface area contributed by atoms with Gasteiger partial charge in [0.05, 0.1) is 7.11 Å². The maximum absolute atomic E-state index is 12.2. The van der Waals surface area contributed by atoms with Crippen molar-refractivity contribution in [2.75, 3.05) is 13.7 Å². The summed E-state index contributed by atoms with van der Waals surface area (Å²) in [5.41, 5.74) is 0. The highest BCUT2D eigenvalue weighted by Crippen LogP contribution is 2.22. The first-order valence-electron chi connectivity index (χ1n) is 5.70. The number of halogens is 3. The van der Waals surface area contributed by atoms with Crippen molar-refractivity contribution in [2.24, 2.45) is 0 Å². The molecule has 0 saturated carbocycles. The van der Waals surface area contributed by atoms with Crippen LogP contribution < -0.4 is 5.32 Å². The minimum absolute atomic E-state index is 0.0224. The maximum atomic E-state index is 12.2. The number of esters is 1. The fourth-order valence-electron chi connectivity index (χ4n) is 1.27. The molecular weight excluding hydrogens is 251 g/mol. The SMILES string of the molecule is COC(=O)C(CCOC(C)C(F)(F)F)NC(C)C. The maximum Gasteiger partial charge on any atom is 0.414 e. The van der Waals surface area contributed by atoms with E-state index in [9.17, 15) is 18.0 Å². The second-order valence-electron chi connectivity index (χ2n) is 4.24. The highest BCUT2D eigenvalue weighted by Gasteiger charge is 2.37. The summed E-state index contributed by atoms with van der Waals surface area (Å²) in [4.78, 5) is 11.4. The summed E-state index contributed by atoms with van der Waals surface area (Å²) in [5.74, 6) is -0.507. The summed E-state index contributed by atoms with van der Waals surface area (Å²) >= 11 is 0. The summed E-state index contributed by atoms with van der Waals surface area (Å²) < 4.78 is 45.7. The molecule has 0 aromatic heterocycles. The van der Waals surface area contributed by atoms with Crippen LogP contribution >= 0.6 is 0 Å². The van der Waals surface area contributed by atoms with Crippen LogP contribution in [0.25, 0.3) is 0 Å². The van der Waals surface area contributed by atoms with Crippen molar-refractivity contribution in [3.05, 3.63) is 0 Å². The fourth-order valence-corrected chi connectivity index (χ4v) is 1.27. The lowest BCUT2D eigenvalue weighted by atomic mass is 10.2. The van der Waals surface area contributed by atoms with Crippen LogP contribution in [-0.4, -0.2) is 44.0 Å². The number of hydrogen-bond acceptors (Lipinski definition) is 4. The Kier molecular flexibility index (Phi) is 7.23. The molecule has 0 bridgehead atoms. The normalized spacial score (nSPS) is 15.6. The lowest BCUT2D eigenvalue weighted by Gasteiger charge is -2.21. The predicted octanol–water partition coefficient (Wildman–Crippen LogP) is 1.88. The Morgan fingerprint density at radius 2 is 1.83 bits per heavy atom. The van der Waals surface area contributed by atoms with Gasteiger partial charge >= 0.3 is 12.1 Å². The van der Waals surface area contributed by atoms with Crippen molar-refractivity contribution < 1.29 is 27.4 Å². The molecule has 18 heavy (non-hydrogen) atoms. The number of hydrogen-bond donors (Lipinski definition) is 1. The van der Waals surface area contributed by atoms with E-state index in [4.69, 9.17) is 0 Å². The van der Waals surface area contributed by atoms with E-state index < -0.39 is 24.3 Å². The average Bonchev–Trinajstić information content (AvgIpc) is 2.24. The first kappa shape index (κ1) is 17.2. The van der Waals surface area contributed by atoms with Crippen molar-refractivity contribution >= 4 is 5.97 Å². The van der Waals surface area contributed by atoms with E-state index >= 15 is 0 Å². The van der Waals surface area contributed by atoms with Crippen LogP contribution in [-0.2, 0) is 14.3 Å². The van der Waals surface area contributed by atoms with Crippen LogP contribution in [0.4, 0.5) is 13.2 Å². The average molecular weight is 271 g/mol. The van der Waals surface area contributed by atoms with E-state index in [0.717, 1.165) is 6.92 Å². The van der Waals surface area contributed by atoms with Gasteiger partial charge in [-0.3, -0.25) is 4.79 Å². The third-order valence-corrected chi connectivity index (χ3v) is 2.26.